The molecule has 3 aromatic carbocycles. The number of amides is 2. The second-order valence-electron chi connectivity index (χ2n) is 12.3. The van der Waals surface area contributed by atoms with Gasteiger partial charge in [0.25, 0.3) is 5.91 Å². The lowest BCUT2D eigenvalue weighted by Crippen LogP contribution is -2.45. The SMILES string of the molecule is COc1c(OCCN(C)C)cccc1[C@@H]1O[C@@H](CC(=O)NCc2ccccc2F)C(=O)N(CC(C)(C)C)c2ccc(Cl)cc21. The van der Waals surface area contributed by atoms with E-state index in [4.69, 9.17) is 25.8 Å². The minimum absolute atomic E-state index is 0.0163. The first-order valence-electron chi connectivity index (χ1n) is 14.6. The Bertz CT molecular complexity index is 1480. The molecule has 0 radical (unpaired) electrons. The summed E-state index contributed by atoms with van der Waals surface area (Å²) in [4.78, 5) is 31.1. The molecule has 0 bridgehead atoms. The third-order valence-corrected chi connectivity index (χ3v) is 7.37. The van der Waals surface area contributed by atoms with E-state index in [-0.39, 0.29) is 24.3 Å². The number of hydrogen-bond acceptors (Lipinski definition) is 6. The zero-order valence-electron chi connectivity index (χ0n) is 26.2. The molecule has 2 atom stereocenters. The number of nitrogens with zero attached hydrogens (tertiary/aromatic N) is 2. The fourth-order valence-corrected chi connectivity index (χ4v) is 5.25. The van der Waals surface area contributed by atoms with Gasteiger partial charge in [0.05, 0.1) is 13.5 Å². The van der Waals surface area contributed by atoms with Gasteiger partial charge in [-0.2, -0.15) is 0 Å². The van der Waals surface area contributed by atoms with Gasteiger partial charge in [-0.25, -0.2) is 4.39 Å². The van der Waals surface area contributed by atoms with Gasteiger partial charge < -0.3 is 29.3 Å². The van der Waals surface area contributed by atoms with Crippen LogP contribution in [0.5, 0.6) is 11.5 Å². The molecule has 0 saturated carbocycles. The van der Waals surface area contributed by atoms with E-state index in [2.05, 4.69) is 5.32 Å². The van der Waals surface area contributed by atoms with Crippen molar-refractivity contribution in [2.45, 2.75) is 45.9 Å². The molecule has 10 heteroatoms. The Morgan fingerprint density at radius 1 is 1.09 bits per heavy atom. The van der Waals surface area contributed by atoms with Gasteiger partial charge in [-0.05, 0) is 49.8 Å². The normalized spacial score (nSPS) is 16.8. The van der Waals surface area contributed by atoms with Crippen LogP contribution in [0.1, 0.15) is 50.0 Å². The molecule has 44 heavy (non-hydrogen) atoms. The van der Waals surface area contributed by atoms with Crippen LogP contribution >= 0.6 is 11.6 Å². The smallest absolute Gasteiger partial charge is 0.256 e. The number of methoxy groups -OCH3 is 1. The van der Waals surface area contributed by atoms with E-state index in [1.165, 1.54) is 6.07 Å². The summed E-state index contributed by atoms with van der Waals surface area (Å²) in [6, 6.07) is 17.1. The molecule has 8 nitrogen and oxygen atoms in total. The Hall–Kier alpha value is -3.66. The molecular formula is C34H41ClFN3O5. The van der Waals surface area contributed by atoms with Crippen LogP contribution in [0.2, 0.25) is 5.02 Å². The Morgan fingerprint density at radius 2 is 1.84 bits per heavy atom. The zero-order chi connectivity index (χ0) is 32.0. The molecule has 4 rings (SSSR count). The Morgan fingerprint density at radius 3 is 2.52 bits per heavy atom. The number of likely N-dealkylation sites (N-methyl/N-ethyl adjacent to an activating group) is 1. The maximum atomic E-state index is 14.2. The third-order valence-electron chi connectivity index (χ3n) is 7.13. The number of ether oxygens (including phenoxy) is 3. The molecule has 1 aliphatic rings. The maximum absolute atomic E-state index is 14.2. The first-order chi connectivity index (χ1) is 20.9. The van der Waals surface area contributed by atoms with Crippen molar-refractivity contribution < 1.29 is 28.2 Å². The first kappa shape index (κ1) is 33.2. The number of nitrogens with one attached hydrogen (secondary N) is 1. The summed E-state index contributed by atoms with van der Waals surface area (Å²) < 4.78 is 32.7. The second-order valence-corrected chi connectivity index (χ2v) is 12.7. The molecular weight excluding hydrogens is 585 g/mol. The van der Waals surface area contributed by atoms with Crippen LogP contribution < -0.4 is 19.7 Å². The van der Waals surface area contributed by atoms with E-state index in [1.807, 2.05) is 64.0 Å². The Kier molecular flexibility index (Phi) is 10.9. The van der Waals surface area contributed by atoms with E-state index >= 15 is 0 Å². The van der Waals surface area contributed by atoms with Crippen LogP contribution in [0, 0.1) is 11.2 Å². The number of anilines is 1. The molecule has 1 N–H and O–H groups in total. The zero-order valence-corrected chi connectivity index (χ0v) is 26.9. The number of benzene rings is 3. The number of carbonyl (C=O) groups is 2. The molecule has 0 saturated heterocycles. The van der Waals surface area contributed by atoms with E-state index in [9.17, 15) is 14.0 Å². The van der Waals surface area contributed by atoms with Crippen LogP contribution in [0.15, 0.2) is 60.7 Å². The summed E-state index contributed by atoms with van der Waals surface area (Å²) in [5.74, 6) is -0.234. The van der Waals surface area contributed by atoms with Crippen molar-refractivity contribution in [3.05, 3.63) is 88.2 Å². The summed E-state index contributed by atoms with van der Waals surface area (Å²) in [5, 5.41) is 3.21. The molecule has 1 heterocycles. The van der Waals surface area contributed by atoms with Crippen molar-refractivity contribution in [3.63, 3.8) is 0 Å². The van der Waals surface area contributed by atoms with Gasteiger partial charge in [-0.1, -0.05) is 62.7 Å². The minimum atomic E-state index is -1.16. The van der Waals surface area contributed by atoms with Crippen molar-refractivity contribution in [1.82, 2.24) is 10.2 Å². The highest BCUT2D eigenvalue weighted by atomic mass is 35.5. The molecule has 0 aliphatic carbocycles. The average molecular weight is 626 g/mol. The summed E-state index contributed by atoms with van der Waals surface area (Å²) in [6.07, 6.45) is -2.25. The van der Waals surface area contributed by atoms with Crippen molar-refractivity contribution >= 4 is 29.1 Å². The third kappa shape index (κ3) is 8.28. The van der Waals surface area contributed by atoms with E-state index in [0.717, 1.165) is 0 Å². The van der Waals surface area contributed by atoms with Gasteiger partial charge >= 0.3 is 0 Å². The quantitative estimate of drug-likeness (QED) is 0.282. The number of halogens is 2. The number of carbonyl (C=O) groups excluding carboxylic acids is 2. The van der Waals surface area contributed by atoms with Crippen molar-refractivity contribution in [3.8, 4) is 11.5 Å². The molecule has 236 valence electrons. The highest BCUT2D eigenvalue weighted by Gasteiger charge is 2.40. The fraction of sp³-hybridized carbons (Fsp3) is 0.412. The Labute approximate surface area is 264 Å². The standard InChI is InChI=1S/C34H41ClFN3O5/c1-34(2,3)21-39-27-15-14-23(35)18-25(27)31(24-11-9-13-28(32(24)42-6)43-17-16-38(4)5)44-29(33(39)41)19-30(40)37-20-22-10-7-8-12-26(22)36/h7-15,18,29,31H,16-17,19-21H2,1-6H3,(H,37,40)/t29-,31-/m0/s1. The van der Waals surface area contributed by atoms with Crippen molar-refractivity contribution in [2.75, 3.05) is 45.8 Å². The minimum Gasteiger partial charge on any atom is -0.492 e. The van der Waals surface area contributed by atoms with Gasteiger partial charge in [0.2, 0.25) is 5.91 Å². The fourth-order valence-electron chi connectivity index (χ4n) is 5.07. The summed E-state index contributed by atoms with van der Waals surface area (Å²) in [6.45, 7) is 7.59. The van der Waals surface area contributed by atoms with E-state index in [0.29, 0.717) is 58.6 Å². The van der Waals surface area contributed by atoms with Gasteiger partial charge in [-0.3, -0.25) is 9.59 Å². The maximum Gasteiger partial charge on any atom is 0.256 e. The molecule has 3 aromatic rings. The van der Waals surface area contributed by atoms with Gasteiger partial charge in [0.1, 0.15) is 24.6 Å². The summed E-state index contributed by atoms with van der Waals surface area (Å²) >= 11 is 6.52. The van der Waals surface area contributed by atoms with Crippen LogP contribution in [0.4, 0.5) is 10.1 Å². The van der Waals surface area contributed by atoms with Crippen LogP contribution in [0.3, 0.4) is 0 Å². The summed E-state index contributed by atoms with van der Waals surface area (Å²) in [7, 11) is 5.48. The lowest BCUT2D eigenvalue weighted by atomic mass is 9.94. The topological polar surface area (TPSA) is 80.3 Å². The largest absolute Gasteiger partial charge is 0.492 e. The van der Waals surface area contributed by atoms with Gasteiger partial charge in [0, 0.05) is 47.0 Å². The van der Waals surface area contributed by atoms with Crippen LogP contribution in [0.25, 0.3) is 0 Å². The van der Waals surface area contributed by atoms with Gasteiger partial charge in [-0.15, -0.1) is 0 Å². The van der Waals surface area contributed by atoms with E-state index in [1.54, 1.807) is 42.3 Å². The molecule has 0 fully saturated rings. The number of hydrogen-bond donors (Lipinski definition) is 1. The molecule has 0 aromatic heterocycles. The molecule has 0 spiro atoms. The van der Waals surface area contributed by atoms with Crippen LogP contribution in [-0.2, 0) is 20.9 Å². The highest BCUT2D eigenvalue weighted by Crippen LogP contribution is 2.45. The first-order valence-corrected chi connectivity index (χ1v) is 15.0. The number of para-hydroxylation sites is 1. The van der Waals surface area contributed by atoms with Gasteiger partial charge in [0.15, 0.2) is 11.5 Å². The lowest BCUT2D eigenvalue weighted by molar-refractivity contribution is -0.138. The highest BCUT2D eigenvalue weighted by molar-refractivity contribution is 6.30. The van der Waals surface area contributed by atoms with Crippen molar-refractivity contribution in [1.29, 1.82) is 0 Å². The molecule has 2 amide bonds. The average Bonchev–Trinajstić information content (AvgIpc) is 3.06. The summed E-state index contributed by atoms with van der Waals surface area (Å²) in [5.41, 5.74) is 1.99. The number of fused-ring (bicyclic) bond motifs is 1. The molecule has 0 unspecified atom stereocenters. The molecule has 1 aliphatic heterocycles. The van der Waals surface area contributed by atoms with E-state index < -0.39 is 23.9 Å². The number of rotatable bonds is 11. The van der Waals surface area contributed by atoms with Crippen LogP contribution in [-0.4, -0.2) is 63.7 Å². The second kappa shape index (κ2) is 14.4. The van der Waals surface area contributed by atoms with Crippen molar-refractivity contribution in [2.24, 2.45) is 5.41 Å². The monoisotopic (exact) mass is 625 g/mol. The predicted molar refractivity (Wildman–Crippen MR) is 170 cm³/mol. The predicted octanol–water partition coefficient (Wildman–Crippen LogP) is 6.00. The Balaban J connectivity index is 1.75. The lowest BCUT2D eigenvalue weighted by Gasteiger charge is -2.31.